The summed E-state index contributed by atoms with van der Waals surface area (Å²) >= 11 is 0. The highest BCUT2D eigenvalue weighted by atomic mass is 16.5. The molecule has 5 N–H and O–H groups in total. The van der Waals surface area contributed by atoms with Gasteiger partial charge in [0.25, 0.3) is 0 Å². The third kappa shape index (κ3) is 7.79. The highest BCUT2D eigenvalue weighted by Gasteiger charge is 2.22. The van der Waals surface area contributed by atoms with Crippen LogP contribution in [0.3, 0.4) is 0 Å². The summed E-state index contributed by atoms with van der Waals surface area (Å²) in [6, 6.07) is -1.05. The van der Waals surface area contributed by atoms with Gasteiger partial charge in [0.1, 0.15) is 12.1 Å². The van der Waals surface area contributed by atoms with E-state index in [0.29, 0.717) is 18.3 Å². The quantitative estimate of drug-likeness (QED) is 0.643. The largest absolute Gasteiger partial charge is 0.480 e. The molecule has 2 rings (SSSR count). The van der Waals surface area contributed by atoms with Crippen LogP contribution in [0.15, 0.2) is 0 Å². The minimum absolute atomic E-state index is 0.276. The minimum Gasteiger partial charge on any atom is -0.480 e. The maximum absolute atomic E-state index is 11.0. The number of ether oxygens (including phenoxy) is 1. The summed E-state index contributed by atoms with van der Waals surface area (Å²) in [7, 11) is 1.39. The first-order valence-electron chi connectivity index (χ1n) is 8.75. The van der Waals surface area contributed by atoms with Crippen molar-refractivity contribution in [3.63, 3.8) is 0 Å². The van der Waals surface area contributed by atoms with Crippen LogP contribution in [0.4, 0.5) is 0 Å². The van der Waals surface area contributed by atoms with Crippen molar-refractivity contribution in [1.82, 2.24) is 0 Å². The van der Waals surface area contributed by atoms with Crippen LogP contribution in [-0.4, -0.2) is 36.2 Å². The lowest BCUT2D eigenvalue weighted by atomic mass is 9.99. The van der Waals surface area contributed by atoms with Crippen molar-refractivity contribution in [2.24, 2.45) is 23.3 Å². The Kier molecular flexibility index (Phi) is 9.17. The SMILES string of the molecule is COC(=O)[C@H](N)CC1CCCC1.N[C@H](CC1CCCC1)C(=O)O. The number of carboxylic acid groups (broad SMARTS) is 1. The lowest BCUT2D eigenvalue weighted by molar-refractivity contribution is -0.142. The third-order valence-corrected chi connectivity index (χ3v) is 4.95. The normalized spacial score (nSPS) is 21.3. The number of carbonyl (C=O) groups is 2. The van der Waals surface area contributed by atoms with Crippen LogP contribution in [-0.2, 0) is 14.3 Å². The van der Waals surface area contributed by atoms with E-state index in [9.17, 15) is 9.59 Å². The first-order chi connectivity index (χ1) is 10.9. The van der Waals surface area contributed by atoms with Crippen molar-refractivity contribution >= 4 is 11.9 Å². The number of carbonyl (C=O) groups excluding carboxylic acids is 1. The second-order valence-electron chi connectivity index (χ2n) is 6.85. The first-order valence-corrected chi connectivity index (χ1v) is 8.75. The third-order valence-electron chi connectivity index (χ3n) is 4.95. The predicted molar refractivity (Wildman–Crippen MR) is 88.8 cm³/mol. The molecular weight excluding hydrogens is 296 g/mol. The zero-order valence-electron chi connectivity index (χ0n) is 14.2. The number of hydrogen-bond acceptors (Lipinski definition) is 5. The molecule has 2 atom stereocenters. The second-order valence-corrected chi connectivity index (χ2v) is 6.85. The van der Waals surface area contributed by atoms with E-state index in [1.165, 1.54) is 58.5 Å². The van der Waals surface area contributed by atoms with Crippen LogP contribution in [0.2, 0.25) is 0 Å². The average Bonchev–Trinajstić information content (AvgIpc) is 3.20. The molecule has 0 aliphatic heterocycles. The molecule has 2 fully saturated rings. The van der Waals surface area contributed by atoms with Crippen molar-refractivity contribution in [3.8, 4) is 0 Å². The predicted octanol–water partition coefficient (Wildman–Crippen LogP) is 2.05. The maximum Gasteiger partial charge on any atom is 0.322 e. The topological polar surface area (TPSA) is 116 Å². The van der Waals surface area contributed by atoms with Crippen LogP contribution in [0.5, 0.6) is 0 Å². The molecule has 2 aliphatic rings. The van der Waals surface area contributed by atoms with Gasteiger partial charge < -0.3 is 21.3 Å². The Balaban J connectivity index is 0.000000231. The first kappa shape index (κ1) is 19.9. The molecule has 0 spiro atoms. The molecule has 0 amide bonds. The summed E-state index contributed by atoms with van der Waals surface area (Å²) in [6.07, 6.45) is 11.3. The van der Waals surface area contributed by atoms with Crippen LogP contribution in [0.25, 0.3) is 0 Å². The molecule has 2 saturated carbocycles. The zero-order valence-corrected chi connectivity index (χ0v) is 14.2. The van der Waals surface area contributed by atoms with E-state index in [1.807, 2.05) is 0 Å². The van der Waals surface area contributed by atoms with E-state index in [1.54, 1.807) is 0 Å². The van der Waals surface area contributed by atoms with Gasteiger partial charge in [-0.1, -0.05) is 51.4 Å². The molecular formula is C17H32N2O4. The Morgan fingerprint density at radius 2 is 1.35 bits per heavy atom. The average molecular weight is 328 g/mol. The summed E-state index contributed by atoms with van der Waals surface area (Å²) in [5.41, 5.74) is 11.0. The summed E-state index contributed by atoms with van der Waals surface area (Å²) in [4.78, 5) is 21.3. The van der Waals surface area contributed by atoms with Crippen molar-refractivity contribution in [3.05, 3.63) is 0 Å². The molecule has 134 valence electrons. The smallest absolute Gasteiger partial charge is 0.322 e. The minimum atomic E-state index is -0.864. The molecule has 6 nitrogen and oxygen atoms in total. The summed E-state index contributed by atoms with van der Waals surface area (Å²) < 4.78 is 4.56. The Morgan fingerprint density at radius 1 is 0.957 bits per heavy atom. The van der Waals surface area contributed by atoms with Gasteiger partial charge in [-0.3, -0.25) is 9.59 Å². The van der Waals surface area contributed by atoms with Gasteiger partial charge in [-0.05, 0) is 24.7 Å². The Labute approximate surface area is 138 Å². The fourth-order valence-corrected chi connectivity index (χ4v) is 3.56. The number of carboxylic acids is 1. The van der Waals surface area contributed by atoms with Gasteiger partial charge in [0, 0.05) is 0 Å². The van der Waals surface area contributed by atoms with E-state index >= 15 is 0 Å². The highest BCUT2D eigenvalue weighted by Crippen LogP contribution is 2.28. The van der Waals surface area contributed by atoms with Crippen LogP contribution in [0.1, 0.15) is 64.2 Å². The number of aliphatic carboxylic acids is 1. The van der Waals surface area contributed by atoms with E-state index in [4.69, 9.17) is 16.6 Å². The molecule has 0 heterocycles. The van der Waals surface area contributed by atoms with Gasteiger partial charge >= 0.3 is 11.9 Å². The number of methoxy groups -OCH3 is 1. The lowest BCUT2D eigenvalue weighted by Gasteiger charge is -2.13. The van der Waals surface area contributed by atoms with Crippen LogP contribution >= 0.6 is 0 Å². The van der Waals surface area contributed by atoms with Crippen molar-refractivity contribution in [1.29, 1.82) is 0 Å². The molecule has 0 unspecified atom stereocenters. The number of rotatable bonds is 6. The van der Waals surface area contributed by atoms with Gasteiger partial charge in [-0.25, -0.2) is 0 Å². The van der Waals surface area contributed by atoms with Crippen LogP contribution in [0, 0.1) is 11.8 Å². The fourth-order valence-electron chi connectivity index (χ4n) is 3.56. The number of hydrogen-bond donors (Lipinski definition) is 3. The standard InChI is InChI=1S/C9H17NO2.C8H15NO2/c1-12-9(11)8(10)6-7-4-2-3-5-7;9-7(8(10)11)5-6-3-1-2-4-6/h7-8H,2-6,10H2,1H3;6-7H,1-5,9H2,(H,10,11)/t8-;7-/m11/s1. The molecule has 6 heteroatoms. The Morgan fingerprint density at radius 3 is 1.70 bits per heavy atom. The second kappa shape index (κ2) is 10.6. The fraction of sp³-hybridized carbons (Fsp3) is 0.882. The maximum atomic E-state index is 11.0. The van der Waals surface area contributed by atoms with Gasteiger partial charge in [0.2, 0.25) is 0 Å². The lowest BCUT2D eigenvalue weighted by Crippen LogP contribution is -2.33. The molecule has 2 aliphatic carbocycles. The van der Waals surface area contributed by atoms with E-state index < -0.39 is 18.1 Å². The van der Waals surface area contributed by atoms with Crippen molar-refractivity contribution in [2.45, 2.75) is 76.3 Å². The number of esters is 1. The molecule has 0 saturated heterocycles. The summed E-state index contributed by atoms with van der Waals surface area (Å²) in [6.45, 7) is 0. The monoisotopic (exact) mass is 328 g/mol. The molecule has 23 heavy (non-hydrogen) atoms. The molecule has 0 radical (unpaired) electrons. The van der Waals surface area contributed by atoms with Crippen molar-refractivity contribution < 1.29 is 19.4 Å². The van der Waals surface area contributed by atoms with E-state index in [-0.39, 0.29) is 5.97 Å². The van der Waals surface area contributed by atoms with E-state index in [2.05, 4.69) is 4.74 Å². The summed E-state index contributed by atoms with van der Waals surface area (Å²) in [5.74, 6) is 0.0824. The van der Waals surface area contributed by atoms with E-state index in [0.717, 1.165) is 6.42 Å². The van der Waals surface area contributed by atoms with Crippen LogP contribution < -0.4 is 11.5 Å². The molecule has 0 aromatic rings. The van der Waals surface area contributed by atoms with Crippen molar-refractivity contribution in [2.75, 3.05) is 7.11 Å². The molecule has 0 aromatic heterocycles. The molecule has 0 aromatic carbocycles. The Bertz CT molecular complexity index is 364. The van der Waals surface area contributed by atoms with Gasteiger partial charge in [0.15, 0.2) is 0 Å². The zero-order chi connectivity index (χ0) is 17.2. The van der Waals surface area contributed by atoms with Gasteiger partial charge in [0.05, 0.1) is 7.11 Å². The molecule has 0 bridgehead atoms. The number of nitrogens with two attached hydrogens (primary N) is 2. The Hall–Kier alpha value is -1.14. The highest BCUT2D eigenvalue weighted by molar-refractivity contribution is 5.75. The summed E-state index contributed by atoms with van der Waals surface area (Å²) in [5, 5.41) is 8.52. The van der Waals surface area contributed by atoms with Gasteiger partial charge in [-0.2, -0.15) is 0 Å². The van der Waals surface area contributed by atoms with Gasteiger partial charge in [-0.15, -0.1) is 0 Å².